The second-order valence-corrected chi connectivity index (χ2v) is 12.9. The highest BCUT2D eigenvalue weighted by Crippen LogP contribution is 2.49. The fourth-order valence-electron chi connectivity index (χ4n) is 6.68. The Bertz CT molecular complexity index is 2370. The molecule has 6 aromatic carbocycles. The van der Waals surface area contributed by atoms with Crippen LogP contribution in [0.25, 0.3) is 64.4 Å². The fourth-order valence-corrected chi connectivity index (χ4v) is 7.86. The molecule has 0 spiro atoms. The van der Waals surface area contributed by atoms with Crippen LogP contribution in [0.2, 0.25) is 0 Å². The minimum Gasteiger partial charge on any atom is -0.457 e. The van der Waals surface area contributed by atoms with Crippen LogP contribution in [0.15, 0.2) is 126 Å². The van der Waals surface area contributed by atoms with Crippen LogP contribution >= 0.6 is 11.3 Å². The predicted molar refractivity (Wildman–Crippen MR) is 176 cm³/mol. The summed E-state index contributed by atoms with van der Waals surface area (Å²) in [6.07, 6.45) is 0. The standard InChI is InChI=1S/C39H26O2S/c1-39(2)31-8-4-6-10-35(31)41-36-20-24(13-17-32(36)39)26-12-16-29-28-15-11-25(21-37(28)42-38(29)22-26)23-14-18-34-30(19-23)27-7-3-5-9-33(27)40-34/h3-22H,1-2H3. The van der Waals surface area contributed by atoms with E-state index in [2.05, 4.69) is 117 Å². The molecule has 1 aliphatic rings. The Labute approximate surface area is 247 Å². The lowest BCUT2D eigenvalue weighted by molar-refractivity contribution is 0.418. The largest absolute Gasteiger partial charge is 0.457 e. The number of fused-ring (bicyclic) bond motifs is 8. The van der Waals surface area contributed by atoms with Crippen molar-refractivity contribution < 1.29 is 9.15 Å². The summed E-state index contributed by atoms with van der Waals surface area (Å²) in [5, 5.41) is 4.91. The number of benzene rings is 6. The molecule has 42 heavy (non-hydrogen) atoms. The van der Waals surface area contributed by atoms with E-state index in [4.69, 9.17) is 9.15 Å². The van der Waals surface area contributed by atoms with Crippen LogP contribution in [0.3, 0.4) is 0 Å². The third-order valence-electron chi connectivity index (χ3n) is 8.95. The Kier molecular flexibility index (Phi) is 4.86. The molecule has 200 valence electrons. The first-order valence-corrected chi connectivity index (χ1v) is 15.1. The average molecular weight is 559 g/mol. The van der Waals surface area contributed by atoms with Crippen molar-refractivity contribution in [3.8, 4) is 33.8 Å². The molecule has 0 aliphatic carbocycles. The first-order chi connectivity index (χ1) is 20.5. The Hall–Kier alpha value is -4.86. The third-order valence-corrected chi connectivity index (χ3v) is 10.1. The second kappa shape index (κ2) is 8.58. The monoisotopic (exact) mass is 558 g/mol. The molecule has 0 fully saturated rings. The van der Waals surface area contributed by atoms with Gasteiger partial charge in [0.1, 0.15) is 22.7 Å². The van der Waals surface area contributed by atoms with Crippen LogP contribution in [0, 0.1) is 0 Å². The molecule has 2 aromatic heterocycles. The van der Waals surface area contributed by atoms with Crippen molar-refractivity contribution >= 4 is 53.4 Å². The lowest BCUT2D eigenvalue weighted by Gasteiger charge is -2.34. The highest BCUT2D eigenvalue weighted by atomic mass is 32.1. The first kappa shape index (κ1) is 23.8. The molecule has 0 amide bonds. The van der Waals surface area contributed by atoms with Gasteiger partial charge in [-0.2, -0.15) is 0 Å². The van der Waals surface area contributed by atoms with E-state index in [1.807, 2.05) is 29.5 Å². The predicted octanol–water partition coefficient (Wildman–Crippen LogP) is 11.7. The van der Waals surface area contributed by atoms with Gasteiger partial charge in [-0.25, -0.2) is 0 Å². The van der Waals surface area contributed by atoms with Gasteiger partial charge in [0.15, 0.2) is 0 Å². The number of ether oxygens (including phenoxy) is 1. The van der Waals surface area contributed by atoms with Crippen molar-refractivity contribution in [1.29, 1.82) is 0 Å². The summed E-state index contributed by atoms with van der Waals surface area (Å²) >= 11 is 1.86. The Balaban J connectivity index is 1.11. The van der Waals surface area contributed by atoms with Crippen molar-refractivity contribution in [3.05, 3.63) is 132 Å². The summed E-state index contributed by atoms with van der Waals surface area (Å²) in [5.41, 5.74) is 9.00. The Morgan fingerprint density at radius 3 is 1.88 bits per heavy atom. The summed E-state index contributed by atoms with van der Waals surface area (Å²) in [4.78, 5) is 0. The average Bonchev–Trinajstić information content (AvgIpc) is 3.57. The topological polar surface area (TPSA) is 22.4 Å². The van der Waals surface area contributed by atoms with Crippen LogP contribution in [-0.2, 0) is 5.41 Å². The maximum atomic E-state index is 6.41. The molecule has 0 radical (unpaired) electrons. The molecule has 2 nitrogen and oxygen atoms in total. The van der Waals surface area contributed by atoms with Crippen molar-refractivity contribution in [1.82, 2.24) is 0 Å². The molecule has 9 rings (SSSR count). The summed E-state index contributed by atoms with van der Waals surface area (Å²) in [6, 6.07) is 43.5. The zero-order valence-corrected chi connectivity index (χ0v) is 24.1. The lowest BCUT2D eigenvalue weighted by atomic mass is 9.75. The van der Waals surface area contributed by atoms with E-state index in [-0.39, 0.29) is 5.41 Å². The van der Waals surface area contributed by atoms with Crippen molar-refractivity contribution in [2.75, 3.05) is 0 Å². The molecule has 8 aromatic rings. The van der Waals surface area contributed by atoms with E-state index in [1.165, 1.54) is 53.6 Å². The highest BCUT2D eigenvalue weighted by Gasteiger charge is 2.34. The summed E-state index contributed by atoms with van der Waals surface area (Å²) < 4.78 is 15.0. The van der Waals surface area contributed by atoms with Crippen LogP contribution < -0.4 is 4.74 Å². The molecule has 3 heterocycles. The minimum atomic E-state index is -0.106. The minimum absolute atomic E-state index is 0.106. The Morgan fingerprint density at radius 1 is 0.476 bits per heavy atom. The number of hydrogen-bond acceptors (Lipinski definition) is 3. The maximum absolute atomic E-state index is 6.41. The van der Waals surface area contributed by atoms with Crippen LogP contribution in [-0.4, -0.2) is 0 Å². The number of rotatable bonds is 2. The van der Waals surface area contributed by atoms with Gasteiger partial charge in [-0.1, -0.05) is 92.7 Å². The molecule has 1 aliphatic heterocycles. The van der Waals surface area contributed by atoms with Crippen molar-refractivity contribution in [2.24, 2.45) is 0 Å². The maximum Gasteiger partial charge on any atom is 0.135 e. The molecular formula is C39H26O2S. The number of furan rings is 1. The Morgan fingerprint density at radius 2 is 1.07 bits per heavy atom. The van der Waals surface area contributed by atoms with Crippen LogP contribution in [0.4, 0.5) is 0 Å². The van der Waals surface area contributed by atoms with Gasteiger partial charge >= 0.3 is 0 Å². The van der Waals surface area contributed by atoms with Gasteiger partial charge in [0, 0.05) is 47.5 Å². The van der Waals surface area contributed by atoms with Gasteiger partial charge in [0.05, 0.1) is 0 Å². The quantitative estimate of drug-likeness (QED) is 0.211. The number of para-hydroxylation sites is 2. The van der Waals surface area contributed by atoms with E-state index in [0.29, 0.717) is 0 Å². The number of thiophene rings is 1. The molecule has 3 heteroatoms. The second-order valence-electron chi connectivity index (χ2n) is 11.8. The SMILES string of the molecule is CC1(C)c2ccccc2Oc2cc(-c3ccc4c(c3)sc3cc(-c5ccc6oc7ccccc7c6c5)ccc34)ccc21. The van der Waals surface area contributed by atoms with E-state index in [1.54, 1.807) is 0 Å². The zero-order valence-electron chi connectivity index (χ0n) is 23.3. The van der Waals surface area contributed by atoms with E-state index in [9.17, 15) is 0 Å². The van der Waals surface area contributed by atoms with E-state index < -0.39 is 0 Å². The van der Waals surface area contributed by atoms with Crippen molar-refractivity contribution in [2.45, 2.75) is 19.3 Å². The van der Waals surface area contributed by atoms with Crippen LogP contribution in [0.1, 0.15) is 25.0 Å². The fraction of sp³-hybridized carbons (Fsp3) is 0.0769. The van der Waals surface area contributed by atoms with Crippen molar-refractivity contribution in [3.63, 3.8) is 0 Å². The molecule has 0 unspecified atom stereocenters. The molecule has 0 atom stereocenters. The summed E-state index contributed by atoms with van der Waals surface area (Å²) in [7, 11) is 0. The van der Waals surface area contributed by atoms with Gasteiger partial charge in [-0.05, 0) is 64.7 Å². The van der Waals surface area contributed by atoms with Gasteiger partial charge in [0.2, 0.25) is 0 Å². The van der Waals surface area contributed by atoms with E-state index in [0.717, 1.165) is 33.4 Å². The molecule has 0 bridgehead atoms. The summed E-state index contributed by atoms with van der Waals surface area (Å²) in [6.45, 7) is 4.56. The summed E-state index contributed by atoms with van der Waals surface area (Å²) in [5.74, 6) is 1.89. The highest BCUT2D eigenvalue weighted by molar-refractivity contribution is 7.25. The lowest BCUT2D eigenvalue weighted by Crippen LogP contribution is -2.24. The zero-order chi connectivity index (χ0) is 28.0. The first-order valence-electron chi connectivity index (χ1n) is 14.3. The normalized spacial score (nSPS) is 13.9. The van der Waals surface area contributed by atoms with E-state index >= 15 is 0 Å². The molecule has 0 saturated carbocycles. The van der Waals surface area contributed by atoms with Gasteiger partial charge in [0.25, 0.3) is 0 Å². The van der Waals surface area contributed by atoms with Gasteiger partial charge < -0.3 is 9.15 Å². The van der Waals surface area contributed by atoms with Crippen LogP contribution in [0.5, 0.6) is 11.5 Å². The van der Waals surface area contributed by atoms with Gasteiger partial charge in [-0.15, -0.1) is 11.3 Å². The number of hydrogen-bond donors (Lipinski definition) is 0. The molecular weight excluding hydrogens is 532 g/mol. The molecule has 0 N–H and O–H groups in total. The van der Waals surface area contributed by atoms with Gasteiger partial charge in [-0.3, -0.25) is 0 Å². The molecule has 0 saturated heterocycles. The third kappa shape index (κ3) is 3.44. The smallest absolute Gasteiger partial charge is 0.135 e.